The van der Waals surface area contributed by atoms with Gasteiger partial charge < -0.3 is 25.0 Å². The number of nitrogens with one attached hydrogen (secondary N) is 2. The Morgan fingerprint density at radius 1 is 1.17 bits per heavy atom. The van der Waals surface area contributed by atoms with Crippen molar-refractivity contribution in [2.24, 2.45) is 23.7 Å². The van der Waals surface area contributed by atoms with Gasteiger partial charge in [-0.05, 0) is 48.9 Å². The number of ether oxygens (including phenoxy) is 2. The normalized spacial score (nSPS) is 36.6. The van der Waals surface area contributed by atoms with Gasteiger partial charge in [-0.2, -0.15) is 0 Å². The molecule has 0 radical (unpaired) electrons. The Labute approximate surface area is 212 Å². The Bertz CT molecular complexity index is 1060. The quantitative estimate of drug-likeness (QED) is 0.567. The summed E-state index contributed by atoms with van der Waals surface area (Å²) in [4.78, 5) is 42.7. The lowest BCUT2D eigenvalue weighted by Crippen LogP contribution is -2.57. The first-order valence-electron chi connectivity index (χ1n) is 13.2. The van der Waals surface area contributed by atoms with Crippen LogP contribution in [0.4, 0.5) is 5.69 Å². The molecule has 1 saturated carbocycles. The van der Waals surface area contributed by atoms with Crippen LogP contribution in [0.5, 0.6) is 5.75 Å². The van der Waals surface area contributed by atoms with Crippen molar-refractivity contribution in [1.82, 2.24) is 10.2 Å². The van der Waals surface area contributed by atoms with E-state index in [4.69, 9.17) is 9.47 Å². The number of methoxy groups -OCH3 is 1. The highest BCUT2D eigenvalue weighted by atomic mass is 16.5. The Morgan fingerprint density at radius 3 is 2.61 bits per heavy atom. The molecule has 36 heavy (non-hydrogen) atoms. The van der Waals surface area contributed by atoms with Crippen molar-refractivity contribution < 1.29 is 23.9 Å². The first-order valence-corrected chi connectivity index (χ1v) is 13.2. The second kappa shape index (κ2) is 9.54. The fraction of sp³-hybridized carbons (Fsp3) is 0.607. The van der Waals surface area contributed by atoms with Crippen molar-refractivity contribution in [3.63, 3.8) is 0 Å². The van der Waals surface area contributed by atoms with Crippen molar-refractivity contribution in [1.29, 1.82) is 0 Å². The van der Waals surface area contributed by atoms with E-state index >= 15 is 0 Å². The van der Waals surface area contributed by atoms with Crippen molar-refractivity contribution in [3.8, 4) is 5.75 Å². The number of hydrogen-bond acceptors (Lipinski definition) is 5. The minimum atomic E-state index is -1.12. The van der Waals surface area contributed by atoms with Gasteiger partial charge in [0, 0.05) is 18.3 Å². The van der Waals surface area contributed by atoms with Gasteiger partial charge in [0.2, 0.25) is 17.7 Å². The highest BCUT2D eigenvalue weighted by Crippen LogP contribution is 2.55. The van der Waals surface area contributed by atoms with Gasteiger partial charge in [0.1, 0.15) is 17.4 Å². The van der Waals surface area contributed by atoms with Crippen LogP contribution in [0, 0.1) is 23.7 Å². The van der Waals surface area contributed by atoms with E-state index in [-0.39, 0.29) is 23.8 Å². The number of nitrogens with zero attached hydrogens (tertiary/aromatic N) is 1. The lowest BCUT2D eigenvalue weighted by molar-refractivity contribution is -0.141. The molecule has 8 heteroatoms. The average molecular weight is 496 g/mol. The molecule has 1 aromatic rings. The SMILES string of the molecule is CCCN1C(=O)[C@@H]2[C@H](C(=O)Nc3ccc(OC)cc3)[C@@H]3C=C[C@@]2(O3)[C@@H]1C(=O)N[C@@H]1CCC[C@H](C)[C@@H]1C. The van der Waals surface area contributed by atoms with Crippen LogP contribution in [0.1, 0.15) is 46.5 Å². The molecular formula is C28H37N3O5. The molecule has 8 atom stereocenters. The highest BCUT2D eigenvalue weighted by molar-refractivity contribution is 6.02. The van der Waals surface area contributed by atoms with E-state index in [9.17, 15) is 14.4 Å². The van der Waals surface area contributed by atoms with Gasteiger partial charge in [0.25, 0.3) is 0 Å². The summed E-state index contributed by atoms with van der Waals surface area (Å²) in [6.07, 6.45) is 7.08. The first kappa shape index (κ1) is 24.8. The van der Waals surface area contributed by atoms with Crippen molar-refractivity contribution >= 4 is 23.4 Å². The number of carbonyl (C=O) groups excluding carboxylic acids is 3. The van der Waals surface area contributed by atoms with Gasteiger partial charge in [-0.3, -0.25) is 14.4 Å². The van der Waals surface area contributed by atoms with Crippen molar-refractivity contribution in [2.45, 2.75) is 70.2 Å². The molecule has 5 rings (SSSR count). The molecule has 3 fully saturated rings. The minimum Gasteiger partial charge on any atom is -0.497 e. The zero-order chi connectivity index (χ0) is 25.6. The van der Waals surface area contributed by atoms with Crippen LogP contribution in [-0.2, 0) is 19.1 Å². The second-order valence-corrected chi connectivity index (χ2v) is 10.8. The van der Waals surface area contributed by atoms with Crippen LogP contribution in [0.25, 0.3) is 0 Å². The number of benzene rings is 1. The van der Waals surface area contributed by atoms with Crippen LogP contribution < -0.4 is 15.4 Å². The molecule has 3 heterocycles. The molecule has 2 N–H and O–H groups in total. The van der Waals surface area contributed by atoms with E-state index in [1.807, 2.05) is 19.1 Å². The largest absolute Gasteiger partial charge is 0.497 e. The van der Waals surface area contributed by atoms with Crippen LogP contribution in [0.3, 0.4) is 0 Å². The fourth-order valence-corrected chi connectivity index (χ4v) is 6.70. The average Bonchev–Trinajstić information content (AvgIpc) is 3.50. The maximum atomic E-state index is 13.8. The number of hydrogen-bond donors (Lipinski definition) is 2. The van der Waals surface area contributed by atoms with Crippen LogP contribution >= 0.6 is 0 Å². The third-order valence-corrected chi connectivity index (χ3v) is 8.78. The van der Waals surface area contributed by atoms with Crippen LogP contribution in [0.15, 0.2) is 36.4 Å². The molecule has 8 nitrogen and oxygen atoms in total. The summed E-state index contributed by atoms with van der Waals surface area (Å²) in [6, 6.07) is 6.36. The number of likely N-dealkylation sites (tertiary alicyclic amines) is 1. The van der Waals surface area contributed by atoms with Gasteiger partial charge in [0.15, 0.2) is 0 Å². The Kier molecular flexibility index (Phi) is 6.57. The topological polar surface area (TPSA) is 97.0 Å². The van der Waals surface area contributed by atoms with Gasteiger partial charge >= 0.3 is 0 Å². The van der Waals surface area contributed by atoms with Crippen LogP contribution in [-0.4, -0.2) is 60.1 Å². The summed E-state index contributed by atoms with van der Waals surface area (Å²) in [5, 5.41) is 6.21. The number of fused-ring (bicyclic) bond motifs is 1. The first-order chi connectivity index (χ1) is 17.3. The van der Waals surface area contributed by atoms with Gasteiger partial charge in [-0.15, -0.1) is 0 Å². The molecular weight excluding hydrogens is 458 g/mol. The molecule has 2 saturated heterocycles. The predicted molar refractivity (Wildman–Crippen MR) is 135 cm³/mol. The zero-order valence-corrected chi connectivity index (χ0v) is 21.5. The fourth-order valence-electron chi connectivity index (χ4n) is 6.70. The van der Waals surface area contributed by atoms with Crippen molar-refractivity contribution in [2.75, 3.05) is 19.0 Å². The lowest BCUT2D eigenvalue weighted by atomic mass is 9.73. The van der Waals surface area contributed by atoms with E-state index in [0.717, 1.165) is 12.8 Å². The van der Waals surface area contributed by atoms with E-state index in [1.54, 1.807) is 36.3 Å². The molecule has 4 aliphatic rings. The summed E-state index contributed by atoms with van der Waals surface area (Å²) in [7, 11) is 1.59. The Morgan fingerprint density at radius 2 is 1.92 bits per heavy atom. The third kappa shape index (κ3) is 3.90. The lowest BCUT2D eigenvalue weighted by Gasteiger charge is -2.38. The maximum Gasteiger partial charge on any atom is 0.246 e. The summed E-state index contributed by atoms with van der Waals surface area (Å²) < 4.78 is 11.6. The molecule has 1 aliphatic carbocycles. The molecule has 2 bridgehead atoms. The van der Waals surface area contributed by atoms with Gasteiger partial charge in [-0.25, -0.2) is 0 Å². The monoisotopic (exact) mass is 495 g/mol. The number of anilines is 1. The summed E-state index contributed by atoms with van der Waals surface area (Å²) in [5.74, 6) is -0.456. The predicted octanol–water partition coefficient (Wildman–Crippen LogP) is 3.14. The van der Waals surface area contributed by atoms with E-state index < -0.39 is 29.6 Å². The molecule has 1 spiro atoms. The minimum absolute atomic E-state index is 0.0760. The van der Waals surface area contributed by atoms with Crippen LogP contribution in [0.2, 0.25) is 0 Å². The number of rotatable bonds is 7. The number of amides is 3. The van der Waals surface area contributed by atoms with E-state index in [1.165, 1.54) is 6.42 Å². The van der Waals surface area contributed by atoms with E-state index in [0.29, 0.717) is 36.2 Å². The zero-order valence-electron chi connectivity index (χ0n) is 21.5. The smallest absolute Gasteiger partial charge is 0.246 e. The molecule has 0 unspecified atom stereocenters. The molecule has 0 aromatic heterocycles. The van der Waals surface area contributed by atoms with Gasteiger partial charge in [-0.1, -0.05) is 45.8 Å². The molecule has 194 valence electrons. The van der Waals surface area contributed by atoms with Gasteiger partial charge in [0.05, 0.1) is 25.0 Å². The molecule has 3 amide bonds. The maximum absolute atomic E-state index is 13.8. The second-order valence-electron chi connectivity index (χ2n) is 10.8. The number of carbonyl (C=O) groups is 3. The van der Waals surface area contributed by atoms with Crippen molar-refractivity contribution in [3.05, 3.63) is 36.4 Å². The summed E-state index contributed by atoms with van der Waals surface area (Å²) in [5.41, 5.74) is -0.501. The summed E-state index contributed by atoms with van der Waals surface area (Å²) >= 11 is 0. The summed E-state index contributed by atoms with van der Waals surface area (Å²) in [6.45, 7) is 6.86. The Hall–Kier alpha value is -2.87. The van der Waals surface area contributed by atoms with E-state index in [2.05, 4.69) is 24.5 Å². The highest BCUT2D eigenvalue weighted by Gasteiger charge is 2.72. The third-order valence-electron chi connectivity index (χ3n) is 8.78. The molecule has 1 aromatic carbocycles. The standard InChI is InChI=1S/C28H37N3O5/c1-5-15-31-24(26(33)30-20-8-6-7-16(2)17(20)3)28-14-13-21(36-28)22(23(28)27(31)34)25(32)29-18-9-11-19(35-4)12-10-18/h9-14,16-17,20-24H,5-8,15H2,1-4H3,(H,29,32)(H,30,33)/t16-,17-,20+,21-,22+,23-,24-,28-/m0/s1. The Balaban J connectivity index is 1.40. The molecule has 3 aliphatic heterocycles.